The molecule has 1 aliphatic rings. The van der Waals surface area contributed by atoms with Crippen LogP contribution in [-0.4, -0.2) is 40.7 Å². The number of aryl methyl sites for hydroxylation is 2. The predicted octanol–water partition coefficient (Wildman–Crippen LogP) is 5.71. The van der Waals surface area contributed by atoms with E-state index in [1.54, 1.807) is 11.3 Å². The van der Waals surface area contributed by atoms with E-state index in [0.29, 0.717) is 18.5 Å². The van der Waals surface area contributed by atoms with Crippen molar-refractivity contribution in [1.29, 1.82) is 0 Å². The Hall–Kier alpha value is -3.16. The average Bonchev–Trinajstić information content (AvgIpc) is 3.18. The van der Waals surface area contributed by atoms with Gasteiger partial charge in [-0.25, -0.2) is 4.98 Å². The molecule has 0 atom stereocenters. The van der Waals surface area contributed by atoms with Crippen LogP contribution in [0.15, 0.2) is 53.3 Å². The van der Waals surface area contributed by atoms with Crippen LogP contribution in [0.25, 0.3) is 21.3 Å². The third-order valence-electron chi connectivity index (χ3n) is 6.48. The van der Waals surface area contributed by atoms with E-state index in [1.165, 1.54) is 5.56 Å². The van der Waals surface area contributed by atoms with Crippen molar-refractivity contribution < 1.29 is 9.47 Å². The number of H-pyrrole nitrogens is 1. The molecule has 0 amide bonds. The standard InChI is InChI=1S/C28H31N3O3S/c1-4-33-22-7-5-6-8-23(22)34-21-13-15-31(16-14-21)17-24-29-27(32)26-25(19(3)35-28(26)30-24)20-11-9-18(2)10-12-20/h5-12,21H,4,13-17H2,1-3H3,(H,29,30,32). The quantitative estimate of drug-likeness (QED) is 0.360. The average molecular weight is 490 g/mol. The van der Waals surface area contributed by atoms with E-state index in [-0.39, 0.29) is 11.7 Å². The molecule has 1 aliphatic heterocycles. The molecule has 1 N–H and O–H groups in total. The number of nitrogens with one attached hydrogen (secondary N) is 1. The lowest BCUT2D eigenvalue weighted by Crippen LogP contribution is -2.38. The fourth-order valence-corrected chi connectivity index (χ4v) is 5.77. The van der Waals surface area contributed by atoms with Gasteiger partial charge in [0.1, 0.15) is 16.8 Å². The number of hydrogen-bond donors (Lipinski definition) is 1. The van der Waals surface area contributed by atoms with Crippen molar-refractivity contribution in [2.45, 2.75) is 46.3 Å². The highest BCUT2D eigenvalue weighted by Gasteiger charge is 2.23. The Kier molecular flexibility index (Phi) is 6.88. The second-order valence-electron chi connectivity index (χ2n) is 9.07. The van der Waals surface area contributed by atoms with Gasteiger partial charge in [0.25, 0.3) is 5.56 Å². The summed E-state index contributed by atoms with van der Waals surface area (Å²) in [5.74, 6) is 2.32. The molecule has 0 saturated carbocycles. The molecule has 7 heteroatoms. The minimum Gasteiger partial charge on any atom is -0.490 e. The number of nitrogens with zero attached hydrogens (tertiary/aromatic N) is 2. The highest BCUT2D eigenvalue weighted by molar-refractivity contribution is 7.19. The summed E-state index contributed by atoms with van der Waals surface area (Å²) in [5, 5.41) is 0.695. The number of benzene rings is 2. The SMILES string of the molecule is CCOc1ccccc1OC1CCN(Cc2nc3sc(C)c(-c4ccc(C)cc4)c3c(=O)[nH]2)CC1. The summed E-state index contributed by atoms with van der Waals surface area (Å²) < 4.78 is 11.9. The first-order valence-electron chi connectivity index (χ1n) is 12.2. The Morgan fingerprint density at radius 1 is 1.06 bits per heavy atom. The predicted molar refractivity (Wildman–Crippen MR) is 142 cm³/mol. The van der Waals surface area contributed by atoms with Crippen LogP contribution in [0.3, 0.4) is 0 Å². The molecule has 3 heterocycles. The van der Waals surface area contributed by atoms with Gasteiger partial charge in [-0.1, -0.05) is 42.0 Å². The highest BCUT2D eigenvalue weighted by atomic mass is 32.1. The number of aromatic nitrogens is 2. The molecule has 0 bridgehead atoms. The van der Waals surface area contributed by atoms with E-state index >= 15 is 0 Å². The van der Waals surface area contributed by atoms with E-state index in [2.05, 4.69) is 48.0 Å². The van der Waals surface area contributed by atoms with Crippen LogP contribution < -0.4 is 15.0 Å². The Labute approximate surface area is 209 Å². The number of fused-ring (bicyclic) bond motifs is 1. The molecule has 2 aromatic heterocycles. The van der Waals surface area contributed by atoms with E-state index in [9.17, 15) is 4.79 Å². The normalized spacial score (nSPS) is 14.9. The number of para-hydroxylation sites is 2. The highest BCUT2D eigenvalue weighted by Crippen LogP contribution is 2.35. The molecular formula is C28H31N3O3S. The summed E-state index contributed by atoms with van der Waals surface area (Å²) in [5.41, 5.74) is 3.20. The summed E-state index contributed by atoms with van der Waals surface area (Å²) in [6.45, 7) is 9.14. The maximum absolute atomic E-state index is 13.1. The first-order chi connectivity index (χ1) is 17.0. The molecule has 0 aliphatic carbocycles. The maximum atomic E-state index is 13.1. The van der Waals surface area contributed by atoms with E-state index in [4.69, 9.17) is 14.5 Å². The van der Waals surface area contributed by atoms with Gasteiger partial charge in [0.2, 0.25) is 0 Å². The van der Waals surface area contributed by atoms with Gasteiger partial charge in [0, 0.05) is 23.5 Å². The molecule has 0 radical (unpaired) electrons. The lowest BCUT2D eigenvalue weighted by Gasteiger charge is -2.32. The van der Waals surface area contributed by atoms with Crippen molar-refractivity contribution in [3.63, 3.8) is 0 Å². The summed E-state index contributed by atoms with van der Waals surface area (Å²) in [7, 11) is 0. The molecule has 1 saturated heterocycles. The first kappa shape index (κ1) is 23.6. The number of aromatic amines is 1. The van der Waals surface area contributed by atoms with Gasteiger partial charge in [0.05, 0.1) is 18.5 Å². The number of piperidine rings is 1. The Morgan fingerprint density at radius 3 is 2.49 bits per heavy atom. The summed E-state index contributed by atoms with van der Waals surface area (Å²) >= 11 is 1.59. The minimum absolute atomic E-state index is 0.0596. The third kappa shape index (κ3) is 5.11. The van der Waals surface area contributed by atoms with Crippen LogP contribution in [0.5, 0.6) is 11.5 Å². The molecule has 5 rings (SSSR count). The number of likely N-dealkylation sites (tertiary alicyclic amines) is 1. The van der Waals surface area contributed by atoms with Crippen LogP contribution in [0.4, 0.5) is 0 Å². The summed E-state index contributed by atoms with van der Waals surface area (Å²) in [6, 6.07) is 16.2. The van der Waals surface area contributed by atoms with Crippen LogP contribution in [0.1, 0.15) is 36.0 Å². The molecule has 182 valence electrons. The summed E-state index contributed by atoms with van der Waals surface area (Å²) in [6.07, 6.45) is 1.99. The number of thiophene rings is 1. The van der Waals surface area contributed by atoms with E-state index < -0.39 is 0 Å². The van der Waals surface area contributed by atoms with Gasteiger partial charge in [-0.15, -0.1) is 11.3 Å². The zero-order valence-electron chi connectivity index (χ0n) is 20.5. The Bertz CT molecular complexity index is 1370. The van der Waals surface area contributed by atoms with Crippen LogP contribution in [0.2, 0.25) is 0 Å². The van der Waals surface area contributed by atoms with Gasteiger partial charge in [0.15, 0.2) is 11.5 Å². The van der Waals surface area contributed by atoms with Crippen molar-refractivity contribution >= 4 is 21.6 Å². The van der Waals surface area contributed by atoms with E-state index in [0.717, 1.165) is 64.1 Å². The zero-order chi connectivity index (χ0) is 24.4. The van der Waals surface area contributed by atoms with Crippen LogP contribution in [-0.2, 0) is 6.54 Å². The van der Waals surface area contributed by atoms with Crippen LogP contribution in [0, 0.1) is 13.8 Å². The third-order valence-corrected chi connectivity index (χ3v) is 7.48. The number of rotatable bonds is 7. The molecule has 6 nitrogen and oxygen atoms in total. The first-order valence-corrected chi connectivity index (χ1v) is 13.0. The van der Waals surface area contributed by atoms with Gasteiger partial charge in [-0.2, -0.15) is 0 Å². The molecule has 0 spiro atoms. The Balaban J connectivity index is 1.27. The molecule has 1 fully saturated rings. The van der Waals surface area contributed by atoms with Gasteiger partial charge >= 0.3 is 0 Å². The minimum atomic E-state index is -0.0596. The fourth-order valence-electron chi connectivity index (χ4n) is 4.71. The van der Waals surface area contributed by atoms with Gasteiger partial charge < -0.3 is 14.5 Å². The van der Waals surface area contributed by atoms with Gasteiger partial charge in [-0.05, 0) is 51.3 Å². The monoisotopic (exact) mass is 489 g/mol. The number of ether oxygens (including phenoxy) is 2. The second-order valence-corrected chi connectivity index (χ2v) is 10.3. The lowest BCUT2D eigenvalue weighted by atomic mass is 10.0. The fraction of sp³-hybridized carbons (Fsp3) is 0.357. The van der Waals surface area contributed by atoms with Crippen molar-refractivity contribution in [2.75, 3.05) is 19.7 Å². The largest absolute Gasteiger partial charge is 0.490 e. The van der Waals surface area contributed by atoms with Crippen LogP contribution >= 0.6 is 11.3 Å². The molecule has 35 heavy (non-hydrogen) atoms. The van der Waals surface area contributed by atoms with Crippen molar-refractivity contribution in [2.24, 2.45) is 0 Å². The number of hydrogen-bond acceptors (Lipinski definition) is 6. The van der Waals surface area contributed by atoms with Crippen molar-refractivity contribution in [3.8, 4) is 22.6 Å². The summed E-state index contributed by atoms with van der Waals surface area (Å²) in [4.78, 5) is 25.3. The lowest BCUT2D eigenvalue weighted by molar-refractivity contribution is 0.0923. The zero-order valence-corrected chi connectivity index (χ0v) is 21.3. The van der Waals surface area contributed by atoms with Gasteiger partial charge in [-0.3, -0.25) is 9.69 Å². The molecule has 2 aromatic carbocycles. The Morgan fingerprint density at radius 2 is 1.77 bits per heavy atom. The maximum Gasteiger partial charge on any atom is 0.260 e. The van der Waals surface area contributed by atoms with Crippen molar-refractivity contribution in [1.82, 2.24) is 14.9 Å². The second kappa shape index (κ2) is 10.2. The van der Waals surface area contributed by atoms with E-state index in [1.807, 2.05) is 31.2 Å². The van der Waals surface area contributed by atoms with Crippen molar-refractivity contribution in [3.05, 3.63) is 75.1 Å². The molecule has 4 aromatic rings. The topological polar surface area (TPSA) is 67.5 Å². The molecule has 0 unspecified atom stereocenters. The molecular weight excluding hydrogens is 458 g/mol. The smallest absolute Gasteiger partial charge is 0.260 e.